The quantitative estimate of drug-likeness (QED) is 0.783. The summed E-state index contributed by atoms with van der Waals surface area (Å²) in [5.74, 6) is 0.746. The minimum absolute atomic E-state index is 0.746. The van der Waals surface area contributed by atoms with Gasteiger partial charge in [-0.1, -0.05) is 6.07 Å². The first-order valence-corrected chi connectivity index (χ1v) is 5.31. The zero-order valence-corrected chi connectivity index (χ0v) is 9.07. The molecule has 0 aromatic carbocycles. The number of ether oxygens (including phenoxy) is 1. The van der Waals surface area contributed by atoms with Gasteiger partial charge in [0.25, 0.3) is 0 Å². The molecule has 1 aliphatic heterocycles. The van der Waals surface area contributed by atoms with E-state index >= 15 is 0 Å². The van der Waals surface area contributed by atoms with Crippen LogP contribution in [0.2, 0.25) is 0 Å². The third-order valence-corrected chi connectivity index (χ3v) is 2.65. The summed E-state index contributed by atoms with van der Waals surface area (Å²) in [6, 6.07) is 4.04. The summed E-state index contributed by atoms with van der Waals surface area (Å²) in [6.45, 7) is 5.26. The van der Waals surface area contributed by atoms with E-state index in [-0.39, 0.29) is 0 Å². The molecule has 0 aliphatic carbocycles. The Hall–Kier alpha value is -1.13. The lowest BCUT2D eigenvalue weighted by atomic mass is 10.2. The monoisotopic (exact) mass is 207 g/mol. The molecule has 0 spiro atoms. The maximum atomic E-state index is 5.23. The van der Waals surface area contributed by atoms with Crippen molar-refractivity contribution in [3.63, 3.8) is 0 Å². The van der Waals surface area contributed by atoms with E-state index in [2.05, 4.69) is 21.3 Å². The number of methoxy groups -OCH3 is 1. The second-order valence-corrected chi connectivity index (χ2v) is 3.70. The Morgan fingerprint density at radius 2 is 2.27 bits per heavy atom. The van der Waals surface area contributed by atoms with Crippen LogP contribution in [0.1, 0.15) is 5.56 Å². The zero-order valence-electron chi connectivity index (χ0n) is 9.07. The summed E-state index contributed by atoms with van der Waals surface area (Å²) >= 11 is 0. The second-order valence-electron chi connectivity index (χ2n) is 3.70. The van der Waals surface area contributed by atoms with Gasteiger partial charge in [-0.3, -0.25) is 4.90 Å². The van der Waals surface area contributed by atoms with Crippen molar-refractivity contribution in [2.24, 2.45) is 0 Å². The Balaban J connectivity index is 2.02. The van der Waals surface area contributed by atoms with Gasteiger partial charge in [-0.15, -0.1) is 0 Å². The third kappa shape index (κ3) is 2.67. The average Bonchev–Trinajstić information content (AvgIpc) is 2.31. The first-order valence-electron chi connectivity index (χ1n) is 5.31. The molecule has 82 valence electrons. The largest absolute Gasteiger partial charge is 0.481 e. The number of nitrogens with one attached hydrogen (secondary N) is 1. The van der Waals surface area contributed by atoms with Crippen LogP contribution in [-0.4, -0.2) is 43.2 Å². The third-order valence-electron chi connectivity index (χ3n) is 2.65. The molecule has 0 unspecified atom stereocenters. The van der Waals surface area contributed by atoms with Gasteiger partial charge in [0, 0.05) is 44.5 Å². The van der Waals surface area contributed by atoms with Gasteiger partial charge in [-0.2, -0.15) is 0 Å². The molecule has 1 saturated heterocycles. The van der Waals surface area contributed by atoms with E-state index < -0.39 is 0 Å². The Kier molecular flexibility index (Phi) is 3.53. The number of aromatic nitrogens is 1. The Morgan fingerprint density at radius 3 is 3.00 bits per heavy atom. The van der Waals surface area contributed by atoms with Crippen molar-refractivity contribution in [3.8, 4) is 5.88 Å². The smallest absolute Gasteiger partial charge is 0.217 e. The minimum Gasteiger partial charge on any atom is -0.481 e. The highest BCUT2D eigenvalue weighted by molar-refractivity contribution is 5.25. The molecule has 1 aromatic rings. The summed E-state index contributed by atoms with van der Waals surface area (Å²) in [5, 5.41) is 3.34. The fourth-order valence-electron chi connectivity index (χ4n) is 1.84. The van der Waals surface area contributed by atoms with Gasteiger partial charge >= 0.3 is 0 Å². The van der Waals surface area contributed by atoms with Gasteiger partial charge in [0.2, 0.25) is 5.88 Å². The molecule has 0 radical (unpaired) electrons. The van der Waals surface area contributed by atoms with Crippen LogP contribution < -0.4 is 10.1 Å². The van der Waals surface area contributed by atoms with Gasteiger partial charge in [0.05, 0.1) is 7.11 Å². The van der Waals surface area contributed by atoms with Crippen molar-refractivity contribution in [1.82, 2.24) is 15.2 Å². The molecule has 1 N–H and O–H groups in total. The molecular weight excluding hydrogens is 190 g/mol. The maximum absolute atomic E-state index is 5.23. The molecule has 0 atom stereocenters. The van der Waals surface area contributed by atoms with Crippen molar-refractivity contribution < 1.29 is 4.74 Å². The molecule has 1 aliphatic rings. The van der Waals surface area contributed by atoms with Crippen LogP contribution >= 0.6 is 0 Å². The van der Waals surface area contributed by atoms with E-state index in [4.69, 9.17) is 4.74 Å². The predicted octanol–water partition coefficient (Wildman–Crippen LogP) is 0.495. The van der Waals surface area contributed by atoms with E-state index in [1.54, 1.807) is 13.3 Å². The molecule has 0 amide bonds. The van der Waals surface area contributed by atoms with Crippen molar-refractivity contribution in [1.29, 1.82) is 0 Å². The van der Waals surface area contributed by atoms with E-state index in [1.807, 2.05) is 6.07 Å². The highest BCUT2D eigenvalue weighted by Gasteiger charge is 2.12. The molecule has 2 heterocycles. The van der Waals surface area contributed by atoms with E-state index in [0.717, 1.165) is 38.6 Å². The van der Waals surface area contributed by atoms with Gasteiger partial charge in [-0.25, -0.2) is 4.98 Å². The van der Waals surface area contributed by atoms with Crippen molar-refractivity contribution in [2.45, 2.75) is 6.54 Å². The summed E-state index contributed by atoms with van der Waals surface area (Å²) in [7, 11) is 1.67. The number of pyridine rings is 1. The number of hydrogen-bond acceptors (Lipinski definition) is 4. The Morgan fingerprint density at radius 1 is 1.47 bits per heavy atom. The first-order chi connectivity index (χ1) is 7.40. The van der Waals surface area contributed by atoms with Gasteiger partial charge in [0.15, 0.2) is 0 Å². The number of hydrogen-bond donors (Lipinski definition) is 1. The number of nitrogens with zero attached hydrogens (tertiary/aromatic N) is 2. The van der Waals surface area contributed by atoms with Crippen LogP contribution in [0.15, 0.2) is 18.3 Å². The lowest BCUT2D eigenvalue weighted by Gasteiger charge is -2.27. The Bertz CT molecular complexity index is 310. The van der Waals surface area contributed by atoms with Gasteiger partial charge < -0.3 is 10.1 Å². The van der Waals surface area contributed by atoms with E-state index in [9.17, 15) is 0 Å². The lowest BCUT2D eigenvalue weighted by Crippen LogP contribution is -2.42. The summed E-state index contributed by atoms with van der Waals surface area (Å²) in [5.41, 5.74) is 1.17. The highest BCUT2D eigenvalue weighted by Crippen LogP contribution is 2.15. The van der Waals surface area contributed by atoms with E-state index in [0.29, 0.717) is 0 Å². The fraction of sp³-hybridized carbons (Fsp3) is 0.545. The summed E-state index contributed by atoms with van der Waals surface area (Å²) in [6.07, 6.45) is 1.76. The molecule has 0 bridgehead atoms. The maximum Gasteiger partial charge on any atom is 0.217 e. The van der Waals surface area contributed by atoms with Crippen LogP contribution in [0.5, 0.6) is 5.88 Å². The fourth-order valence-corrected chi connectivity index (χ4v) is 1.84. The van der Waals surface area contributed by atoms with Crippen molar-refractivity contribution >= 4 is 0 Å². The molecule has 1 aromatic heterocycles. The highest BCUT2D eigenvalue weighted by atomic mass is 16.5. The first kappa shape index (κ1) is 10.4. The molecule has 0 saturated carbocycles. The Labute approximate surface area is 90.3 Å². The average molecular weight is 207 g/mol. The second kappa shape index (κ2) is 5.09. The SMILES string of the molecule is COc1ncccc1CN1CCNCC1. The molecule has 4 nitrogen and oxygen atoms in total. The van der Waals surface area contributed by atoms with Crippen molar-refractivity contribution in [2.75, 3.05) is 33.3 Å². The molecule has 15 heavy (non-hydrogen) atoms. The van der Waals surface area contributed by atoms with Crippen LogP contribution in [0, 0.1) is 0 Å². The van der Waals surface area contributed by atoms with Crippen LogP contribution in [-0.2, 0) is 6.54 Å². The van der Waals surface area contributed by atoms with Crippen LogP contribution in [0.3, 0.4) is 0 Å². The predicted molar refractivity (Wildman–Crippen MR) is 58.9 cm³/mol. The lowest BCUT2D eigenvalue weighted by molar-refractivity contribution is 0.229. The van der Waals surface area contributed by atoms with Gasteiger partial charge in [-0.05, 0) is 6.07 Å². The summed E-state index contributed by atoms with van der Waals surface area (Å²) in [4.78, 5) is 6.61. The minimum atomic E-state index is 0.746. The van der Waals surface area contributed by atoms with Gasteiger partial charge in [0.1, 0.15) is 0 Å². The molecular formula is C11H17N3O. The van der Waals surface area contributed by atoms with E-state index in [1.165, 1.54) is 5.56 Å². The standard InChI is InChI=1S/C11H17N3O/c1-15-11-10(3-2-4-13-11)9-14-7-5-12-6-8-14/h2-4,12H,5-9H2,1H3. The molecule has 2 rings (SSSR count). The topological polar surface area (TPSA) is 37.4 Å². The summed E-state index contributed by atoms with van der Waals surface area (Å²) < 4.78 is 5.23. The van der Waals surface area contributed by atoms with Crippen molar-refractivity contribution in [3.05, 3.63) is 23.9 Å². The molecule has 4 heteroatoms. The normalized spacial score (nSPS) is 17.7. The molecule has 1 fully saturated rings. The van der Waals surface area contributed by atoms with Crippen LogP contribution in [0.4, 0.5) is 0 Å². The van der Waals surface area contributed by atoms with Crippen LogP contribution in [0.25, 0.3) is 0 Å². The zero-order chi connectivity index (χ0) is 10.5. The number of piperazine rings is 1. The number of rotatable bonds is 3.